The smallest absolute Gasteiger partial charge is 0.175 e. The van der Waals surface area contributed by atoms with E-state index >= 15 is 0 Å². The van der Waals surface area contributed by atoms with Gasteiger partial charge in [0.1, 0.15) is 5.75 Å². The van der Waals surface area contributed by atoms with E-state index in [0.717, 1.165) is 22.4 Å². The number of hydrogen-bond donors (Lipinski definition) is 0. The zero-order valence-electron chi connectivity index (χ0n) is 12.1. The normalized spacial score (nSPS) is 13.0. The maximum absolute atomic E-state index is 11.5. The fraction of sp³-hybridized carbons (Fsp3) is 0.250. The summed E-state index contributed by atoms with van der Waals surface area (Å²) >= 11 is 3.68. The van der Waals surface area contributed by atoms with Crippen molar-refractivity contribution in [3.8, 4) is 5.75 Å². The number of methoxy groups -OCH3 is 1. The average molecular weight is 369 g/mol. The SMILES string of the molecule is COc1ccc(C(Br)c2ccc(S(C)(=O)=O)cc2)c(C)c1. The van der Waals surface area contributed by atoms with E-state index in [1.54, 1.807) is 19.2 Å². The minimum absolute atomic E-state index is 0.0111. The van der Waals surface area contributed by atoms with Crippen LogP contribution in [0.25, 0.3) is 0 Å². The summed E-state index contributed by atoms with van der Waals surface area (Å²) in [6, 6.07) is 12.8. The van der Waals surface area contributed by atoms with Gasteiger partial charge in [0.25, 0.3) is 0 Å². The van der Waals surface area contributed by atoms with E-state index < -0.39 is 9.84 Å². The Hall–Kier alpha value is -1.33. The van der Waals surface area contributed by atoms with Crippen molar-refractivity contribution < 1.29 is 13.2 Å². The number of sulfone groups is 1. The van der Waals surface area contributed by atoms with Crippen molar-refractivity contribution in [2.24, 2.45) is 0 Å². The van der Waals surface area contributed by atoms with E-state index in [2.05, 4.69) is 15.9 Å². The second kappa shape index (κ2) is 6.20. The number of benzene rings is 2. The molecule has 0 aliphatic rings. The molecule has 0 N–H and O–H groups in total. The van der Waals surface area contributed by atoms with Gasteiger partial charge >= 0.3 is 0 Å². The summed E-state index contributed by atoms with van der Waals surface area (Å²) in [6.07, 6.45) is 1.21. The number of ether oxygens (including phenoxy) is 1. The summed E-state index contributed by atoms with van der Waals surface area (Å²) in [6.45, 7) is 2.02. The molecule has 5 heteroatoms. The molecule has 1 atom stereocenters. The van der Waals surface area contributed by atoms with E-state index in [0.29, 0.717) is 4.90 Å². The van der Waals surface area contributed by atoms with Crippen LogP contribution in [-0.4, -0.2) is 21.8 Å². The Morgan fingerprint density at radius 2 is 1.71 bits per heavy atom. The Balaban J connectivity index is 2.34. The molecule has 21 heavy (non-hydrogen) atoms. The first-order valence-electron chi connectivity index (χ1n) is 6.41. The quantitative estimate of drug-likeness (QED) is 0.768. The molecule has 0 aliphatic heterocycles. The van der Waals surface area contributed by atoms with Crippen molar-refractivity contribution in [3.63, 3.8) is 0 Å². The summed E-state index contributed by atoms with van der Waals surface area (Å²) in [5, 5.41) is 0. The molecule has 3 nitrogen and oxygen atoms in total. The molecule has 112 valence electrons. The molecular formula is C16H17BrO3S. The summed E-state index contributed by atoms with van der Waals surface area (Å²) < 4.78 is 28.2. The number of halogens is 1. The molecule has 0 aliphatic carbocycles. The predicted octanol–water partition coefficient (Wildman–Crippen LogP) is 3.89. The Bertz CT molecular complexity index is 737. The van der Waals surface area contributed by atoms with Crippen molar-refractivity contribution in [1.82, 2.24) is 0 Å². The summed E-state index contributed by atoms with van der Waals surface area (Å²) in [5.74, 6) is 0.823. The Kier molecular flexibility index (Phi) is 4.74. The van der Waals surface area contributed by atoms with Crippen LogP contribution in [-0.2, 0) is 9.84 Å². The third kappa shape index (κ3) is 3.66. The average Bonchev–Trinajstić information content (AvgIpc) is 2.45. The summed E-state index contributed by atoms with van der Waals surface area (Å²) in [7, 11) is -1.52. The number of hydrogen-bond acceptors (Lipinski definition) is 3. The van der Waals surface area contributed by atoms with E-state index in [4.69, 9.17) is 4.74 Å². The van der Waals surface area contributed by atoms with Crippen LogP contribution in [0.2, 0.25) is 0 Å². The topological polar surface area (TPSA) is 43.4 Å². The largest absolute Gasteiger partial charge is 0.497 e. The highest BCUT2D eigenvalue weighted by Crippen LogP contribution is 2.34. The van der Waals surface area contributed by atoms with Gasteiger partial charge in [-0.2, -0.15) is 0 Å². The predicted molar refractivity (Wildman–Crippen MR) is 88.1 cm³/mol. The maximum Gasteiger partial charge on any atom is 0.175 e. The van der Waals surface area contributed by atoms with Gasteiger partial charge in [0, 0.05) is 6.26 Å². The fourth-order valence-corrected chi connectivity index (χ4v) is 3.57. The van der Waals surface area contributed by atoms with Crippen LogP contribution in [0.4, 0.5) is 0 Å². The Labute approximate surface area is 134 Å². The van der Waals surface area contributed by atoms with Crippen LogP contribution in [0.1, 0.15) is 21.5 Å². The van der Waals surface area contributed by atoms with Gasteiger partial charge in [-0.3, -0.25) is 0 Å². The number of rotatable bonds is 4. The molecule has 2 aromatic rings. The van der Waals surface area contributed by atoms with E-state index in [1.807, 2.05) is 37.3 Å². The second-order valence-electron chi connectivity index (χ2n) is 4.93. The number of aryl methyl sites for hydroxylation is 1. The van der Waals surface area contributed by atoms with Gasteiger partial charge in [0.15, 0.2) is 9.84 Å². The fourth-order valence-electron chi connectivity index (χ4n) is 2.12. The van der Waals surface area contributed by atoms with Crippen LogP contribution >= 0.6 is 15.9 Å². The molecule has 0 bridgehead atoms. The lowest BCUT2D eigenvalue weighted by Crippen LogP contribution is -1.99. The molecule has 0 saturated heterocycles. The Morgan fingerprint density at radius 1 is 1.10 bits per heavy atom. The van der Waals surface area contributed by atoms with Crippen LogP contribution in [0.3, 0.4) is 0 Å². The highest BCUT2D eigenvalue weighted by Gasteiger charge is 2.14. The molecule has 2 rings (SSSR count). The van der Waals surface area contributed by atoms with Crippen molar-refractivity contribution in [2.75, 3.05) is 13.4 Å². The van der Waals surface area contributed by atoms with Gasteiger partial charge < -0.3 is 4.74 Å². The molecular weight excluding hydrogens is 352 g/mol. The first kappa shape index (κ1) is 16.0. The summed E-state index contributed by atoms with van der Waals surface area (Å²) in [5.41, 5.74) is 3.25. The first-order valence-corrected chi connectivity index (χ1v) is 9.22. The van der Waals surface area contributed by atoms with Crippen LogP contribution < -0.4 is 4.74 Å². The van der Waals surface area contributed by atoms with Gasteiger partial charge in [-0.25, -0.2) is 8.42 Å². The van der Waals surface area contributed by atoms with Gasteiger partial charge in [-0.05, 0) is 47.9 Å². The molecule has 0 fully saturated rings. The highest BCUT2D eigenvalue weighted by atomic mass is 79.9. The Morgan fingerprint density at radius 3 is 2.19 bits per heavy atom. The second-order valence-corrected chi connectivity index (χ2v) is 7.86. The third-order valence-corrected chi connectivity index (χ3v) is 5.50. The lowest BCUT2D eigenvalue weighted by molar-refractivity contribution is 0.414. The first-order chi connectivity index (χ1) is 9.82. The van der Waals surface area contributed by atoms with Crippen molar-refractivity contribution in [1.29, 1.82) is 0 Å². The highest BCUT2D eigenvalue weighted by molar-refractivity contribution is 9.09. The van der Waals surface area contributed by atoms with Crippen LogP contribution in [0.5, 0.6) is 5.75 Å². The zero-order chi connectivity index (χ0) is 15.6. The van der Waals surface area contributed by atoms with Gasteiger partial charge in [-0.15, -0.1) is 0 Å². The van der Waals surface area contributed by atoms with E-state index in [9.17, 15) is 8.42 Å². The van der Waals surface area contributed by atoms with E-state index in [1.165, 1.54) is 6.26 Å². The lowest BCUT2D eigenvalue weighted by atomic mass is 10.0. The molecule has 1 unspecified atom stereocenters. The molecule has 0 heterocycles. The minimum Gasteiger partial charge on any atom is -0.497 e. The van der Waals surface area contributed by atoms with Crippen molar-refractivity contribution >= 4 is 25.8 Å². The summed E-state index contributed by atoms with van der Waals surface area (Å²) in [4.78, 5) is 0.342. The van der Waals surface area contributed by atoms with Gasteiger partial charge in [-0.1, -0.05) is 34.1 Å². The van der Waals surface area contributed by atoms with Crippen LogP contribution in [0, 0.1) is 6.92 Å². The number of alkyl halides is 1. The molecule has 2 aromatic carbocycles. The lowest BCUT2D eigenvalue weighted by Gasteiger charge is -2.15. The monoisotopic (exact) mass is 368 g/mol. The molecule has 0 spiro atoms. The molecule has 0 radical (unpaired) electrons. The van der Waals surface area contributed by atoms with Crippen LogP contribution in [0.15, 0.2) is 47.4 Å². The van der Waals surface area contributed by atoms with Crippen molar-refractivity contribution in [2.45, 2.75) is 16.6 Å². The van der Waals surface area contributed by atoms with Gasteiger partial charge in [0.05, 0.1) is 16.8 Å². The van der Waals surface area contributed by atoms with E-state index in [-0.39, 0.29) is 4.83 Å². The molecule has 0 aromatic heterocycles. The van der Waals surface area contributed by atoms with Crippen molar-refractivity contribution in [3.05, 3.63) is 59.2 Å². The maximum atomic E-state index is 11.5. The minimum atomic E-state index is -3.16. The molecule has 0 saturated carbocycles. The van der Waals surface area contributed by atoms with Gasteiger partial charge in [0.2, 0.25) is 0 Å². The third-order valence-electron chi connectivity index (χ3n) is 3.35. The zero-order valence-corrected chi connectivity index (χ0v) is 14.5. The standard InChI is InChI=1S/C16H17BrO3S/c1-11-10-13(20-2)6-9-15(11)16(17)12-4-7-14(8-5-12)21(3,18)19/h4-10,16H,1-3H3. The molecule has 0 amide bonds.